The maximum atomic E-state index is 13.0. The third-order valence-electron chi connectivity index (χ3n) is 2.05. The number of benzene rings is 1. The maximum Gasteiger partial charge on any atom is 0.306 e. The van der Waals surface area contributed by atoms with E-state index in [1.165, 1.54) is 6.92 Å². The highest BCUT2D eigenvalue weighted by molar-refractivity contribution is 7.89. The van der Waals surface area contributed by atoms with Gasteiger partial charge in [-0.1, -0.05) is 0 Å². The monoisotopic (exact) mass is 278 g/mol. The van der Waals surface area contributed by atoms with E-state index in [0.717, 1.165) is 6.07 Å². The quantitative estimate of drug-likeness (QED) is 0.598. The van der Waals surface area contributed by atoms with Crippen molar-refractivity contribution >= 4 is 15.7 Å². The lowest BCUT2D eigenvalue weighted by molar-refractivity contribution is -0.387. The number of hydrogen-bond donors (Lipinski definition) is 2. The van der Waals surface area contributed by atoms with E-state index >= 15 is 0 Å². The van der Waals surface area contributed by atoms with Gasteiger partial charge in [0.15, 0.2) is 0 Å². The van der Waals surface area contributed by atoms with Crippen LogP contribution in [0.4, 0.5) is 10.1 Å². The molecule has 1 atom stereocenters. The van der Waals surface area contributed by atoms with E-state index in [9.17, 15) is 22.9 Å². The van der Waals surface area contributed by atoms with Gasteiger partial charge in [0.05, 0.1) is 16.4 Å². The fourth-order valence-electron chi connectivity index (χ4n) is 1.17. The molecule has 18 heavy (non-hydrogen) atoms. The zero-order valence-corrected chi connectivity index (χ0v) is 10.1. The van der Waals surface area contributed by atoms with Crippen molar-refractivity contribution in [3.05, 3.63) is 34.1 Å². The molecule has 1 aromatic rings. The molecule has 0 saturated carbocycles. The second kappa shape index (κ2) is 5.38. The van der Waals surface area contributed by atoms with Crippen molar-refractivity contribution in [1.29, 1.82) is 0 Å². The Balaban J connectivity index is 3.18. The average molecular weight is 278 g/mol. The van der Waals surface area contributed by atoms with Crippen molar-refractivity contribution in [2.45, 2.75) is 17.9 Å². The highest BCUT2D eigenvalue weighted by Crippen LogP contribution is 2.21. The Morgan fingerprint density at radius 2 is 2.17 bits per heavy atom. The number of nitro groups is 1. The second-order valence-electron chi connectivity index (χ2n) is 3.58. The maximum absolute atomic E-state index is 13.0. The van der Waals surface area contributed by atoms with Crippen LogP contribution in [0.5, 0.6) is 0 Å². The first-order chi connectivity index (χ1) is 8.27. The first-order valence-electron chi connectivity index (χ1n) is 4.85. The van der Waals surface area contributed by atoms with E-state index in [-0.39, 0.29) is 0 Å². The molecular formula is C9H11FN2O5S. The van der Waals surface area contributed by atoms with E-state index in [1.54, 1.807) is 0 Å². The van der Waals surface area contributed by atoms with Gasteiger partial charge in [-0.15, -0.1) is 0 Å². The molecule has 9 heteroatoms. The molecule has 100 valence electrons. The molecule has 0 radical (unpaired) electrons. The van der Waals surface area contributed by atoms with Gasteiger partial charge in [-0.3, -0.25) is 10.1 Å². The number of aliphatic hydroxyl groups is 1. The van der Waals surface area contributed by atoms with Crippen molar-refractivity contribution in [2.24, 2.45) is 0 Å². The number of nitrogens with zero attached hydrogens (tertiary/aromatic N) is 1. The molecule has 0 aromatic heterocycles. The summed E-state index contributed by atoms with van der Waals surface area (Å²) in [6.07, 6.45) is 0. The van der Waals surface area contributed by atoms with Crippen LogP contribution < -0.4 is 4.72 Å². The Labute approximate surface area is 102 Å². The van der Waals surface area contributed by atoms with Crippen LogP contribution >= 0.6 is 0 Å². The highest BCUT2D eigenvalue weighted by atomic mass is 32.2. The summed E-state index contributed by atoms with van der Waals surface area (Å²) < 4.78 is 38.6. The molecule has 0 fully saturated rings. The SMILES string of the molecule is C[C@H](CO)NS(=O)(=O)c1ccc(F)c([N+](=O)[O-])c1. The molecule has 0 bridgehead atoms. The summed E-state index contributed by atoms with van der Waals surface area (Å²) in [5.41, 5.74) is -0.922. The summed E-state index contributed by atoms with van der Waals surface area (Å²) in [5, 5.41) is 19.2. The number of halogens is 1. The summed E-state index contributed by atoms with van der Waals surface area (Å²) in [6.45, 7) is 0.984. The standard InChI is InChI=1S/C9H11FN2O5S/c1-6(5-13)11-18(16,17)7-2-3-8(10)9(4-7)12(14)15/h2-4,6,11,13H,5H2,1H3/t6-/m1/s1. The zero-order chi connectivity index (χ0) is 13.9. The minimum absolute atomic E-state index is 0.428. The van der Waals surface area contributed by atoms with Gasteiger partial charge in [-0.05, 0) is 19.1 Å². The van der Waals surface area contributed by atoms with E-state index < -0.39 is 44.0 Å². The van der Waals surface area contributed by atoms with E-state index in [0.29, 0.717) is 12.1 Å². The lowest BCUT2D eigenvalue weighted by atomic mass is 10.3. The Morgan fingerprint density at radius 3 is 2.67 bits per heavy atom. The highest BCUT2D eigenvalue weighted by Gasteiger charge is 2.22. The van der Waals surface area contributed by atoms with Crippen LogP contribution in [0.3, 0.4) is 0 Å². The third kappa shape index (κ3) is 3.22. The molecule has 0 spiro atoms. The van der Waals surface area contributed by atoms with Crippen LogP contribution in [0.2, 0.25) is 0 Å². The summed E-state index contributed by atoms with van der Waals surface area (Å²) in [6, 6.07) is 1.49. The van der Waals surface area contributed by atoms with Crippen LogP contribution in [-0.4, -0.2) is 31.1 Å². The van der Waals surface area contributed by atoms with Crippen LogP contribution in [0, 0.1) is 15.9 Å². The molecule has 0 unspecified atom stereocenters. The molecule has 0 amide bonds. The van der Waals surface area contributed by atoms with Gasteiger partial charge in [0.1, 0.15) is 0 Å². The number of sulfonamides is 1. The number of hydrogen-bond acceptors (Lipinski definition) is 5. The van der Waals surface area contributed by atoms with Crippen molar-refractivity contribution < 1.29 is 22.8 Å². The first kappa shape index (κ1) is 14.5. The molecule has 0 aliphatic rings. The van der Waals surface area contributed by atoms with Gasteiger partial charge in [-0.2, -0.15) is 4.39 Å². The van der Waals surface area contributed by atoms with Gasteiger partial charge in [0.2, 0.25) is 15.8 Å². The molecule has 0 aliphatic heterocycles. The average Bonchev–Trinajstić information content (AvgIpc) is 2.28. The van der Waals surface area contributed by atoms with Gasteiger partial charge in [0.25, 0.3) is 0 Å². The molecule has 7 nitrogen and oxygen atoms in total. The minimum Gasteiger partial charge on any atom is -0.395 e. The third-order valence-corrected chi connectivity index (χ3v) is 3.64. The largest absolute Gasteiger partial charge is 0.395 e. The molecule has 2 N–H and O–H groups in total. The topological polar surface area (TPSA) is 110 Å². The number of aliphatic hydroxyl groups excluding tert-OH is 1. The molecule has 1 rings (SSSR count). The van der Waals surface area contributed by atoms with Gasteiger partial charge < -0.3 is 5.11 Å². The van der Waals surface area contributed by atoms with E-state index in [2.05, 4.69) is 4.72 Å². The summed E-state index contributed by atoms with van der Waals surface area (Å²) in [4.78, 5) is 9.05. The molecule has 0 aliphatic carbocycles. The fraction of sp³-hybridized carbons (Fsp3) is 0.333. The lowest BCUT2D eigenvalue weighted by Gasteiger charge is -2.11. The van der Waals surface area contributed by atoms with E-state index in [1.807, 2.05) is 0 Å². The van der Waals surface area contributed by atoms with Crippen LogP contribution in [0.15, 0.2) is 23.1 Å². The normalized spacial score (nSPS) is 13.3. The smallest absolute Gasteiger partial charge is 0.306 e. The molecule has 1 aromatic carbocycles. The van der Waals surface area contributed by atoms with Crippen LogP contribution in [-0.2, 0) is 10.0 Å². The Hall–Kier alpha value is -1.58. The number of nitro benzene ring substituents is 1. The van der Waals surface area contributed by atoms with Crippen molar-refractivity contribution in [3.8, 4) is 0 Å². The van der Waals surface area contributed by atoms with Crippen molar-refractivity contribution in [3.63, 3.8) is 0 Å². The molecule has 0 heterocycles. The zero-order valence-electron chi connectivity index (χ0n) is 9.33. The fourth-order valence-corrected chi connectivity index (χ4v) is 2.42. The summed E-state index contributed by atoms with van der Waals surface area (Å²) >= 11 is 0. The predicted molar refractivity (Wildman–Crippen MR) is 59.9 cm³/mol. The minimum atomic E-state index is -4.03. The Kier molecular flexibility index (Phi) is 4.33. The van der Waals surface area contributed by atoms with Gasteiger partial charge in [-0.25, -0.2) is 13.1 Å². The van der Waals surface area contributed by atoms with E-state index in [4.69, 9.17) is 5.11 Å². The second-order valence-corrected chi connectivity index (χ2v) is 5.29. The summed E-state index contributed by atoms with van der Waals surface area (Å²) in [5.74, 6) is -1.12. The predicted octanol–water partition coefficient (Wildman–Crippen LogP) is 0.393. The Bertz CT molecular complexity index is 560. The number of rotatable bonds is 5. The summed E-state index contributed by atoms with van der Waals surface area (Å²) in [7, 11) is -4.03. The Morgan fingerprint density at radius 1 is 1.56 bits per heavy atom. The van der Waals surface area contributed by atoms with Crippen LogP contribution in [0.25, 0.3) is 0 Å². The van der Waals surface area contributed by atoms with Crippen molar-refractivity contribution in [1.82, 2.24) is 4.72 Å². The molecule has 0 saturated heterocycles. The van der Waals surface area contributed by atoms with Gasteiger partial charge in [0, 0.05) is 12.1 Å². The first-order valence-corrected chi connectivity index (χ1v) is 6.33. The lowest BCUT2D eigenvalue weighted by Crippen LogP contribution is -2.35. The van der Waals surface area contributed by atoms with Gasteiger partial charge >= 0.3 is 5.69 Å². The number of nitrogens with one attached hydrogen (secondary N) is 1. The molecular weight excluding hydrogens is 267 g/mol. The van der Waals surface area contributed by atoms with Crippen molar-refractivity contribution in [2.75, 3.05) is 6.61 Å². The van der Waals surface area contributed by atoms with Crippen LogP contribution in [0.1, 0.15) is 6.92 Å².